The number of methoxy groups -OCH3 is 1. The summed E-state index contributed by atoms with van der Waals surface area (Å²) in [6.45, 7) is 3.61. The third-order valence-corrected chi connectivity index (χ3v) is 4.14. The number of aryl methyl sites for hydroxylation is 1. The van der Waals surface area contributed by atoms with Crippen LogP contribution in [0.5, 0.6) is 5.75 Å². The fourth-order valence-electron chi connectivity index (χ4n) is 2.58. The highest BCUT2D eigenvalue weighted by molar-refractivity contribution is 5.85. The molecule has 0 saturated heterocycles. The molecule has 0 aliphatic rings. The van der Waals surface area contributed by atoms with Crippen LogP contribution in [0.2, 0.25) is 0 Å². The van der Waals surface area contributed by atoms with Crippen molar-refractivity contribution in [2.24, 2.45) is 0 Å². The smallest absolute Gasteiger partial charge is 0.325 e. The van der Waals surface area contributed by atoms with Gasteiger partial charge in [0.1, 0.15) is 18.4 Å². The zero-order valence-corrected chi connectivity index (χ0v) is 15.6. The normalized spacial score (nSPS) is 11.2. The number of nitriles is 1. The van der Waals surface area contributed by atoms with Gasteiger partial charge in [0.05, 0.1) is 12.7 Å². The number of carbonyl (C=O) groups excluding carboxylic acids is 2. The number of hydrogen-bond acceptors (Lipinski definition) is 5. The lowest BCUT2D eigenvalue weighted by atomic mass is 10.1. The topological polar surface area (TPSA) is 79.6 Å². The van der Waals surface area contributed by atoms with E-state index in [4.69, 9.17) is 14.7 Å². The van der Waals surface area contributed by atoms with Crippen molar-refractivity contribution in [1.82, 2.24) is 4.90 Å². The van der Waals surface area contributed by atoms with Crippen LogP contribution in [-0.2, 0) is 20.9 Å². The minimum atomic E-state index is -0.867. The molecule has 2 rings (SSSR count). The third-order valence-electron chi connectivity index (χ3n) is 4.14. The van der Waals surface area contributed by atoms with Crippen molar-refractivity contribution in [1.29, 1.82) is 5.26 Å². The largest absolute Gasteiger partial charge is 0.480 e. The molecule has 0 aliphatic heterocycles. The highest BCUT2D eigenvalue weighted by Gasteiger charge is 2.25. The first kappa shape index (κ1) is 20.0. The molecule has 6 heteroatoms. The van der Waals surface area contributed by atoms with Crippen molar-refractivity contribution in [3.8, 4) is 11.8 Å². The number of benzene rings is 2. The molecule has 0 spiro atoms. The minimum Gasteiger partial charge on any atom is -0.480 e. The van der Waals surface area contributed by atoms with Gasteiger partial charge >= 0.3 is 5.97 Å². The monoisotopic (exact) mass is 366 g/mol. The second kappa shape index (κ2) is 9.39. The van der Waals surface area contributed by atoms with E-state index in [-0.39, 0.29) is 19.0 Å². The maximum Gasteiger partial charge on any atom is 0.325 e. The Morgan fingerprint density at radius 3 is 2.48 bits per heavy atom. The molecular weight excluding hydrogens is 344 g/mol. The number of ether oxygens (including phenoxy) is 2. The molecule has 6 nitrogen and oxygen atoms in total. The standard InChI is InChI=1S/C21H22N2O4/c1-15-8-4-5-10-18(15)13-23(14-20(24)26-3)21(25)16(2)27-19-11-7-6-9-17(19)12-22/h4-11,16H,13-14H2,1-3H3. The maximum absolute atomic E-state index is 12.9. The van der Waals surface area contributed by atoms with Crippen LogP contribution in [-0.4, -0.2) is 36.5 Å². The number of amides is 1. The zero-order chi connectivity index (χ0) is 19.8. The van der Waals surface area contributed by atoms with Gasteiger partial charge in [-0.15, -0.1) is 0 Å². The molecule has 0 heterocycles. The van der Waals surface area contributed by atoms with E-state index in [9.17, 15) is 9.59 Å². The molecular formula is C21H22N2O4. The number of para-hydroxylation sites is 1. The average Bonchev–Trinajstić information content (AvgIpc) is 2.68. The quantitative estimate of drug-likeness (QED) is 0.704. The SMILES string of the molecule is COC(=O)CN(Cc1ccccc1C)C(=O)C(C)Oc1ccccc1C#N. The van der Waals surface area contributed by atoms with Gasteiger partial charge in [0.15, 0.2) is 6.10 Å². The fraction of sp³-hybridized carbons (Fsp3) is 0.286. The van der Waals surface area contributed by atoms with Gasteiger partial charge in [-0.3, -0.25) is 9.59 Å². The third kappa shape index (κ3) is 5.32. The number of rotatable bonds is 7. The summed E-state index contributed by atoms with van der Waals surface area (Å²) in [6.07, 6.45) is -0.867. The molecule has 0 aliphatic carbocycles. The highest BCUT2D eigenvalue weighted by atomic mass is 16.5. The summed E-state index contributed by atoms with van der Waals surface area (Å²) in [7, 11) is 1.28. The van der Waals surface area contributed by atoms with E-state index in [1.54, 1.807) is 31.2 Å². The average molecular weight is 366 g/mol. The van der Waals surface area contributed by atoms with Gasteiger partial charge in [0, 0.05) is 6.54 Å². The molecule has 0 saturated carbocycles. The van der Waals surface area contributed by atoms with Crippen molar-refractivity contribution >= 4 is 11.9 Å². The van der Waals surface area contributed by atoms with Gasteiger partial charge in [-0.2, -0.15) is 5.26 Å². The van der Waals surface area contributed by atoms with Crippen molar-refractivity contribution in [2.45, 2.75) is 26.5 Å². The molecule has 140 valence electrons. The Morgan fingerprint density at radius 1 is 1.15 bits per heavy atom. The molecule has 0 bridgehead atoms. The van der Waals surface area contributed by atoms with Crippen LogP contribution in [0, 0.1) is 18.3 Å². The van der Waals surface area contributed by atoms with E-state index in [0.29, 0.717) is 11.3 Å². The van der Waals surface area contributed by atoms with E-state index in [1.807, 2.05) is 37.3 Å². The summed E-state index contributed by atoms with van der Waals surface area (Å²) >= 11 is 0. The molecule has 1 amide bonds. The Kier molecular flexibility index (Phi) is 6.95. The number of nitrogens with zero attached hydrogens (tertiary/aromatic N) is 2. The van der Waals surface area contributed by atoms with Crippen molar-refractivity contribution in [3.63, 3.8) is 0 Å². The van der Waals surface area contributed by atoms with Crippen molar-refractivity contribution < 1.29 is 19.1 Å². The Morgan fingerprint density at radius 2 is 1.81 bits per heavy atom. The van der Waals surface area contributed by atoms with E-state index >= 15 is 0 Å². The van der Waals surface area contributed by atoms with Crippen molar-refractivity contribution in [3.05, 3.63) is 65.2 Å². The predicted octanol–water partition coefficient (Wildman–Crippen LogP) is 2.84. The van der Waals surface area contributed by atoms with E-state index in [0.717, 1.165) is 11.1 Å². The molecule has 0 N–H and O–H groups in total. The summed E-state index contributed by atoms with van der Waals surface area (Å²) in [5.74, 6) is -0.548. The lowest BCUT2D eigenvalue weighted by Gasteiger charge is -2.26. The lowest BCUT2D eigenvalue weighted by Crippen LogP contribution is -2.43. The molecule has 1 atom stereocenters. The first-order valence-corrected chi connectivity index (χ1v) is 8.52. The molecule has 2 aromatic carbocycles. The van der Waals surface area contributed by atoms with Gasteiger partial charge < -0.3 is 14.4 Å². The van der Waals surface area contributed by atoms with E-state index in [2.05, 4.69) is 0 Å². The number of hydrogen-bond donors (Lipinski definition) is 0. The van der Waals surface area contributed by atoms with Crippen LogP contribution in [0.15, 0.2) is 48.5 Å². The molecule has 1 unspecified atom stereocenters. The molecule has 0 radical (unpaired) electrons. The molecule has 0 aromatic heterocycles. The Bertz CT molecular complexity index is 857. The zero-order valence-electron chi connectivity index (χ0n) is 15.6. The Hall–Kier alpha value is -3.33. The van der Waals surface area contributed by atoms with Crippen LogP contribution >= 0.6 is 0 Å². The van der Waals surface area contributed by atoms with Gasteiger partial charge in [-0.1, -0.05) is 36.4 Å². The lowest BCUT2D eigenvalue weighted by molar-refractivity contribution is -0.150. The number of carbonyl (C=O) groups is 2. The Balaban J connectivity index is 2.20. The Labute approximate surface area is 158 Å². The van der Waals surface area contributed by atoms with Crippen LogP contribution in [0.25, 0.3) is 0 Å². The van der Waals surface area contributed by atoms with Crippen molar-refractivity contribution in [2.75, 3.05) is 13.7 Å². The van der Waals surface area contributed by atoms with Crippen LogP contribution < -0.4 is 4.74 Å². The second-order valence-electron chi connectivity index (χ2n) is 6.06. The molecule has 0 fully saturated rings. The fourth-order valence-corrected chi connectivity index (χ4v) is 2.58. The van der Waals surface area contributed by atoms with Gasteiger partial charge in [0.2, 0.25) is 0 Å². The second-order valence-corrected chi connectivity index (χ2v) is 6.06. The highest BCUT2D eigenvalue weighted by Crippen LogP contribution is 2.19. The predicted molar refractivity (Wildman–Crippen MR) is 99.9 cm³/mol. The maximum atomic E-state index is 12.9. The summed E-state index contributed by atoms with van der Waals surface area (Å²) in [4.78, 5) is 26.1. The summed E-state index contributed by atoms with van der Waals surface area (Å²) in [5.41, 5.74) is 2.29. The van der Waals surface area contributed by atoms with Crippen LogP contribution in [0.4, 0.5) is 0 Å². The van der Waals surface area contributed by atoms with Gasteiger partial charge in [0.25, 0.3) is 5.91 Å². The molecule has 2 aromatic rings. The first-order chi connectivity index (χ1) is 13.0. The first-order valence-electron chi connectivity index (χ1n) is 8.52. The van der Waals surface area contributed by atoms with E-state index in [1.165, 1.54) is 12.0 Å². The van der Waals surface area contributed by atoms with Gasteiger partial charge in [-0.25, -0.2) is 0 Å². The molecule has 27 heavy (non-hydrogen) atoms. The summed E-state index contributed by atoms with van der Waals surface area (Å²) in [6, 6.07) is 16.4. The van der Waals surface area contributed by atoms with Crippen LogP contribution in [0.3, 0.4) is 0 Å². The van der Waals surface area contributed by atoms with Crippen LogP contribution in [0.1, 0.15) is 23.6 Å². The number of esters is 1. The van der Waals surface area contributed by atoms with E-state index < -0.39 is 12.1 Å². The minimum absolute atomic E-state index is 0.183. The summed E-state index contributed by atoms with van der Waals surface area (Å²) < 4.78 is 10.4. The summed E-state index contributed by atoms with van der Waals surface area (Å²) in [5, 5.41) is 9.17. The van der Waals surface area contributed by atoms with Gasteiger partial charge in [-0.05, 0) is 37.1 Å².